The van der Waals surface area contributed by atoms with Crippen LogP contribution in [0.3, 0.4) is 0 Å². The first-order valence-corrected chi connectivity index (χ1v) is 10.2. The zero-order valence-electron chi connectivity index (χ0n) is 12.7. The van der Waals surface area contributed by atoms with Gasteiger partial charge in [-0.05, 0) is 6.42 Å². The third-order valence-electron chi connectivity index (χ3n) is 3.27. The molecular weight excluding hydrogens is 346 g/mol. The summed E-state index contributed by atoms with van der Waals surface area (Å²) in [5.74, 6) is 1.02. The van der Waals surface area contributed by atoms with Gasteiger partial charge in [0.05, 0.1) is 17.5 Å². The average molecular weight is 364 g/mol. The van der Waals surface area contributed by atoms with Crippen molar-refractivity contribution in [1.29, 1.82) is 0 Å². The van der Waals surface area contributed by atoms with Crippen LogP contribution in [0, 0.1) is 0 Å². The van der Waals surface area contributed by atoms with E-state index in [2.05, 4.69) is 15.3 Å². The third-order valence-corrected chi connectivity index (χ3v) is 6.59. The van der Waals surface area contributed by atoms with E-state index >= 15 is 0 Å². The Morgan fingerprint density at radius 3 is 2.91 bits per heavy atom. The van der Waals surface area contributed by atoms with Crippen LogP contribution in [0.15, 0.2) is 40.7 Å². The minimum atomic E-state index is -0.122. The van der Waals surface area contributed by atoms with Crippen molar-refractivity contribution in [3.63, 3.8) is 0 Å². The lowest BCUT2D eigenvalue weighted by atomic mass is 10.2. The van der Waals surface area contributed by atoms with E-state index in [-0.39, 0.29) is 11.2 Å². The molecule has 0 saturated carbocycles. The largest absolute Gasteiger partial charge is 0.301 e. The Kier molecular flexibility index (Phi) is 5.75. The summed E-state index contributed by atoms with van der Waals surface area (Å²) >= 11 is 4.75. The van der Waals surface area contributed by atoms with Crippen molar-refractivity contribution in [2.45, 2.75) is 18.6 Å². The predicted molar refractivity (Wildman–Crippen MR) is 103 cm³/mol. The molecule has 0 bridgehead atoms. The predicted octanol–water partition coefficient (Wildman–Crippen LogP) is 4.36. The Morgan fingerprint density at radius 2 is 2.22 bits per heavy atom. The summed E-state index contributed by atoms with van der Waals surface area (Å²) in [6.45, 7) is 2.88. The van der Waals surface area contributed by atoms with E-state index in [1.807, 2.05) is 42.6 Å². The van der Waals surface area contributed by atoms with Crippen LogP contribution in [-0.4, -0.2) is 32.8 Å². The number of nitrogens with one attached hydrogen (secondary N) is 1. The molecule has 1 aliphatic heterocycles. The highest BCUT2D eigenvalue weighted by Crippen LogP contribution is 2.29. The Balaban J connectivity index is 1.64. The number of anilines is 1. The maximum absolute atomic E-state index is 12.4. The number of amides is 1. The van der Waals surface area contributed by atoms with Gasteiger partial charge in [0, 0.05) is 16.7 Å². The fraction of sp³-hybridized carbons (Fsp3) is 0.312. The Labute approximate surface area is 148 Å². The molecule has 7 heteroatoms. The number of aliphatic imine (C=N–C) groups is 1. The van der Waals surface area contributed by atoms with Crippen LogP contribution < -0.4 is 5.32 Å². The van der Waals surface area contributed by atoms with Crippen LogP contribution in [0.2, 0.25) is 0 Å². The second-order valence-corrected chi connectivity index (χ2v) is 8.30. The average Bonchev–Trinajstić information content (AvgIpc) is 3.25. The van der Waals surface area contributed by atoms with Gasteiger partial charge in [-0.25, -0.2) is 4.98 Å². The van der Waals surface area contributed by atoms with Gasteiger partial charge >= 0.3 is 0 Å². The van der Waals surface area contributed by atoms with Crippen molar-refractivity contribution in [1.82, 2.24) is 4.98 Å². The van der Waals surface area contributed by atoms with Crippen molar-refractivity contribution >= 4 is 50.3 Å². The van der Waals surface area contributed by atoms with Gasteiger partial charge in [-0.15, -0.1) is 11.3 Å². The van der Waals surface area contributed by atoms with Gasteiger partial charge in [0.25, 0.3) is 0 Å². The minimum Gasteiger partial charge on any atom is -0.301 e. The van der Waals surface area contributed by atoms with Gasteiger partial charge in [0.1, 0.15) is 4.38 Å². The minimum absolute atomic E-state index is 0.00154. The summed E-state index contributed by atoms with van der Waals surface area (Å²) in [6, 6.07) is 9.97. The second kappa shape index (κ2) is 7.99. The number of hydrogen-bond donors (Lipinski definition) is 1. The van der Waals surface area contributed by atoms with Gasteiger partial charge in [-0.2, -0.15) is 0 Å². The standard InChI is InChI=1S/C16H17N3OS3/c1-2-13(23-16-17-8-9-21-16)14(20)19-15-18-12(10-22-15)11-6-4-3-5-7-11/h3-7,10,13H,2,8-9H2,1H3,(H,18,19,20)/t13-/m1/s1. The van der Waals surface area contributed by atoms with Crippen LogP contribution in [0.5, 0.6) is 0 Å². The molecule has 0 spiro atoms. The summed E-state index contributed by atoms with van der Waals surface area (Å²) < 4.78 is 1.02. The summed E-state index contributed by atoms with van der Waals surface area (Å²) in [6.07, 6.45) is 0.771. The number of aromatic nitrogens is 1. The van der Waals surface area contributed by atoms with Crippen molar-refractivity contribution in [2.75, 3.05) is 17.6 Å². The smallest absolute Gasteiger partial charge is 0.239 e. The summed E-state index contributed by atoms with van der Waals surface area (Å²) in [5, 5.41) is 5.43. The first-order chi connectivity index (χ1) is 11.3. The molecule has 0 aliphatic carbocycles. The molecule has 1 N–H and O–H groups in total. The molecule has 120 valence electrons. The highest BCUT2D eigenvalue weighted by atomic mass is 32.2. The molecule has 0 unspecified atom stereocenters. The maximum atomic E-state index is 12.4. The highest BCUT2D eigenvalue weighted by Gasteiger charge is 2.22. The summed E-state index contributed by atoms with van der Waals surface area (Å²) in [7, 11) is 0. The quantitative estimate of drug-likeness (QED) is 0.857. The van der Waals surface area contributed by atoms with E-state index in [9.17, 15) is 4.79 Å². The Hall–Kier alpha value is -1.31. The van der Waals surface area contributed by atoms with Crippen molar-refractivity contribution in [3.05, 3.63) is 35.7 Å². The lowest BCUT2D eigenvalue weighted by Gasteiger charge is -2.12. The second-order valence-electron chi connectivity index (χ2n) is 4.90. The van der Waals surface area contributed by atoms with E-state index in [0.717, 1.165) is 34.4 Å². The van der Waals surface area contributed by atoms with Gasteiger partial charge in [0.15, 0.2) is 5.13 Å². The molecule has 1 aromatic carbocycles. The zero-order chi connectivity index (χ0) is 16.1. The molecular formula is C16H17N3OS3. The van der Waals surface area contributed by atoms with E-state index < -0.39 is 0 Å². The van der Waals surface area contributed by atoms with Crippen LogP contribution in [0.4, 0.5) is 5.13 Å². The number of carbonyl (C=O) groups excluding carboxylic acids is 1. The third kappa shape index (κ3) is 4.37. The number of nitrogens with zero attached hydrogens (tertiary/aromatic N) is 2. The van der Waals surface area contributed by atoms with E-state index in [0.29, 0.717) is 5.13 Å². The molecule has 2 aromatic rings. The molecule has 4 nitrogen and oxygen atoms in total. The SMILES string of the molecule is CC[C@@H](SC1=NCCS1)C(=O)Nc1nc(-c2ccccc2)cs1. The molecule has 2 heterocycles. The van der Waals surface area contributed by atoms with Gasteiger partial charge in [-0.3, -0.25) is 9.79 Å². The lowest BCUT2D eigenvalue weighted by Crippen LogP contribution is -2.25. The molecule has 0 saturated heterocycles. The topological polar surface area (TPSA) is 54.4 Å². The van der Waals surface area contributed by atoms with Crippen LogP contribution in [0.1, 0.15) is 13.3 Å². The number of benzene rings is 1. The number of thioether (sulfide) groups is 2. The first-order valence-electron chi connectivity index (χ1n) is 7.42. The van der Waals surface area contributed by atoms with Gasteiger partial charge in [-0.1, -0.05) is 60.8 Å². The monoisotopic (exact) mass is 363 g/mol. The number of carbonyl (C=O) groups is 1. The van der Waals surface area contributed by atoms with Crippen molar-refractivity contribution in [2.24, 2.45) is 4.99 Å². The molecule has 1 amide bonds. The zero-order valence-corrected chi connectivity index (χ0v) is 15.1. The molecule has 0 radical (unpaired) electrons. The van der Waals surface area contributed by atoms with Crippen LogP contribution >= 0.6 is 34.9 Å². The number of rotatable bonds is 5. The van der Waals surface area contributed by atoms with Crippen molar-refractivity contribution in [3.8, 4) is 11.3 Å². The highest BCUT2D eigenvalue weighted by molar-refractivity contribution is 8.39. The van der Waals surface area contributed by atoms with Gasteiger partial charge < -0.3 is 5.32 Å². The van der Waals surface area contributed by atoms with Crippen molar-refractivity contribution < 1.29 is 4.79 Å². The van der Waals surface area contributed by atoms with Crippen LogP contribution in [-0.2, 0) is 4.79 Å². The normalized spacial score (nSPS) is 15.3. The molecule has 3 rings (SSSR count). The number of thiazole rings is 1. The Morgan fingerprint density at radius 1 is 1.39 bits per heavy atom. The molecule has 23 heavy (non-hydrogen) atoms. The summed E-state index contributed by atoms with van der Waals surface area (Å²) in [4.78, 5) is 21.4. The fourth-order valence-electron chi connectivity index (χ4n) is 2.09. The van der Waals surface area contributed by atoms with Crippen LogP contribution in [0.25, 0.3) is 11.3 Å². The first kappa shape index (κ1) is 16.5. The van der Waals surface area contributed by atoms with E-state index in [4.69, 9.17) is 0 Å². The summed E-state index contributed by atoms with van der Waals surface area (Å²) in [5.41, 5.74) is 1.95. The van der Waals surface area contributed by atoms with Gasteiger partial charge in [0.2, 0.25) is 5.91 Å². The van der Waals surface area contributed by atoms with E-state index in [1.54, 1.807) is 23.5 Å². The Bertz CT molecular complexity index is 700. The fourth-order valence-corrected chi connectivity index (χ4v) is 4.96. The molecule has 0 fully saturated rings. The molecule has 1 atom stereocenters. The number of hydrogen-bond acceptors (Lipinski definition) is 6. The van der Waals surface area contributed by atoms with E-state index in [1.165, 1.54) is 11.3 Å². The molecule has 1 aliphatic rings. The maximum Gasteiger partial charge on any atom is 0.239 e. The lowest BCUT2D eigenvalue weighted by molar-refractivity contribution is -0.115. The molecule has 1 aromatic heterocycles.